The molecule has 6 nitrogen and oxygen atoms in total. The molecular formula is C31H38N2O4. The predicted molar refractivity (Wildman–Crippen MR) is 147 cm³/mol. The number of hydrogen-bond donors (Lipinski definition) is 1. The first kappa shape index (κ1) is 27.8. The quantitative estimate of drug-likeness (QED) is 0.394. The van der Waals surface area contributed by atoms with Crippen LogP contribution < -0.4 is 14.8 Å². The van der Waals surface area contributed by atoms with Crippen LogP contribution in [0.1, 0.15) is 44.4 Å². The Morgan fingerprint density at radius 1 is 0.892 bits per heavy atom. The van der Waals surface area contributed by atoms with E-state index in [2.05, 4.69) is 26.1 Å². The Hall–Kier alpha value is -3.80. The molecule has 0 spiro atoms. The van der Waals surface area contributed by atoms with Gasteiger partial charge in [-0.15, -0.1) is 0 Å². The number of nitrogens with zero attached hydrogens (tertiary/aromatic N) is 1. The minimum Gasteiger partial charge on any atom is -0.497 e. The summed E-state index contributed by atoms with van der Waals surface area (Å²) in [7, 11) is 1.60. The Labute approximate surface area is 220 Å². The fourth-order valence-corrected chi connectivity index (χ4v) is 4.09. The Bertz CT molecular complexity index is 1150. The number of methoxy groups -OCH3 is 1. The lowest BCUT2D eigenvalue weighted by molar-refractivity contribution is -0.142. The van der Waals surface area contributed by atoms with E-state index in [0.29, 0.717) is 24.5 Å². The molecule has 0 aliphatic carbocycles. The molecular weight excluding hydrogens is 464 g/mol. The number of benzene rings is 3. The summed E-state index contributed by atoms with van der Waals surface area (Å²) in [5.74, 6) is 0.838. The highest BCUT2D eigenvalue weighted by molar-refractivity contribution is 5.88. The van der Waals surface area contributed by atoms with Crippen molar-refractivity contribution < 1.29 is 19.1 Å². The van der Waals surface area contributed by atoms with Gasteiger partial charge in [0, 0.05) is 19.5 Å². The number of rotatable bonds is 11. The first-order valence-electron chi connectivity index (χ1n) is 12.7. The molecule has 3 aromatic carbocycles. The van der Waals surface area contributed by atoms with Crippen LogP contribution in [-0.2, 0) is 28.0 Å². The van der Waals surface area contributed by atoms with Gasteiger partial charge in [-0.2, -0.15) is 0 Å². The van der Waals surface area contributed by atoms with E-state index in [4.69, 9.17) is 9.47 Å². The van der Waals surface area contributed by atoms with Gasteiger partial charge in [-0.05, 0) is 53.3 Å². The number of nitrogens with one attached hydrogen (secondary N) is 1. The Kier molecular flexibility index (Phi) is 9.72. The number of carbonyl (C=O) groups is 2. The van der Waals surface area contributed by atoms with Crippen LogP contribution in [0.25, 0.3) is 0 Å². The molecule has 0 aromatic heterocycles. The zero-order chi connectivity index (χ0) is 26.8. The van der Waals surface area contributed by atoms with Crippen LogP contribution in [0, 0.1) is 0 Å². The van der Waals surface area contributed by atoms with Gasteiger partial charge in [0.1, 0.15) is 17.5 Å². The molecule has 6 heteroatoms. The van der Waals surface area contributed by atoms with E-state index in [0.717, 1.165) is 11.1 Å². The normalized spacial score (nSPS) is 11.9. The molecule has 0 aliphatic rings. The molecule has 1 N–H and O–H groups in total. The van der Waals surface area contributed by atoms with Gasteiger partial charge in [0.25, 0.3) is 5.91 Å². The molecule has 37 heavy (non-hydrogen) atoms. The zero-order valence-corrected chi connectivity index (χ0v) is 22.5. The van der Waals surface area contributed by atoms with Gasteiger partial charge >= 0.3 is 0 Å². The molecule has 0 saturated carbocycles. The highest BCUT2D eigenvalue weighted by Crippen LogP contribution is 2.24. The van der Waals surface area contributed by atoms with Crippen LogP contribution in [0.15, 0.2) is 78.9 Å². The number of ether oxygens (including phenoxy) is 2. The topological polar surface area (TPSA) is 67.9 Å². The molecule has 196 valence electrons. The Morgan fingerprint density at radius 3 is 2.19 bits per heavy atom. The summed E-state index contributed by atoms with van der Waals surface area (Å²) in [4.78, 5) is 28.5. The van der Waals surface area contributed by atoms with Crippen LogP contribution in [0.3, 0.4) is 0 Å². The molecule has 3 aromatic rings. The molecule has 0 saturated heterocycles. The van der Waals surface area contributed by atoms with Crippen LogP contribution in [0.2, 0.25) is 0 Å². The van der Waals surface area contributed by atoms with Crippen molar-refractivity contribution in [2.75, 3.05) is 20.3 Å². The molecule has 0 radical (unpaired) electrons. The highest BCUT2D eigenvalue weighted by Gasteiger charge is 2.30. The van der Waals surface area contributed by atoms with E-state index in [1.807, 2.05) is 85.8 Å². The molecule has 1 atom stereocenters. The third-order valence-electron chi connectivity index (χ3n) is 6.19. The standard InChI is InChI=1S/C31H38N2O4/c1-6-32-30(35)28(20-23-11-8-7-9-12-23)33(21-24-13-10-14-27(19-24)36-5)29(34)22-37-26-17-15-25(16-18-26)31(2,3)4/h7-19,28H,6,20-22H2,1-5H3,(H,32,35). The van der Waals surface area contributed by atoms with E-state index < -0.39 is 6.04 Å². The smallest absolute Gasteiger partial charge is 0.261 e. The molecule has 0 fully saturated rings. The fraction of sp³-hybridized carbons (Fsp3) is 0.355. The lowest BCUT2D eigenvalue weighted by Gasteiger charge is -2.31. The first-order chi connectivity index (χ1) is 17.7. The molecule has 3 rings (SSSR count). The number of likely N-dealkylation sites (N-methyl/N-ethyl adjacent to an activating group) is 1. The molecule has 0 aliphatic heterocycles. The van der Waals surface area contributed by atoms with Gasteiger partial charge < -0.3 is 19.7 Å². The predicted octanol–water partition coefficient (Wildman–Crippen LogP) is 5.15. The third-order valence-corrected chi connectivity index (χ3v) is 6.19. The zero-order valence-electron chi connectivity index (χ0n) is 22.5. The maximum absolute atomic E-state index is 13.6. The average molecular weight is 503 g/mol. The van der Waals surface area contributed by atoms with Crippen molar-refractivity contribution in [2.45, 2.75) is 52.1 Å². The van der Waals surface area contributed by atoms with Crippen LogP contribution in [-0.4, -0.2) is 43.0 Å². The number of amides is 2. The SMILES string of the molecule is CCNC(=O)C(Cc1ccccc1)N(Cc1cccc(OC)c1)C(=O)COc1ccc(C(C)(C)C)cc1. The molecule has 1 unspecified atom stereocenters. The second-order valence-electron chi connectivity index (χ2n) is 10.0. The van der Waals surface area contributed by atoms with Gasteiger partial charge in [0.2, 0.25) is 5.91 Å². The second-order valence-corrected chi connectivity index (χ2v) is 10.0. The lowest BCUT2D eigenvalue weighted by Crippen LogP contribution is -2.51. The van der Waals surface area contributed by atoms with Crippen LogP contribution in [0.5, 0.6) is 11.5 Å². The number of hydrogen-bond acceptors (Lipinski definition) is 4. The summed E-state index contributed by atoms with van der Waals surface area (Å²) < 4.78 is 11.3. The summed E-state index contributed by atoms with van der Waals surface area (Å²) in [5.41, 5.74) is 3.05. The molecule has 2 amide bonds. The Morgan fingerprint density at radius 2 is 1.57 bits per heavy atom. The monoisotopic (exact) mass is 502 g/mol. The minimum absolute atomic E-state index is 0.0270. The summed E-state index contributed by atoms with van der Waals surface area (Å²) in [6, 6.07) is 24.4. The minimum atomic E-state index is -0.701. The van der Waals surface area contributed by atoms with Crippen molar-refractivity contribution in [3.8, 4) is 11.5 Å². The lowest BCUT2D eigenvalue weighted by atomic mass is 9.87. The highest BCUT2D eigenvalue weighted by atomic mass is 16.5. The molecule has 0 heterocycles. The first-order valence-corrected chi connectivity index (χ1v) is 12.7. The van der Waals surface area contributed by atoms with E-state index in [1.54, 1.807) is 12.0 Å². The summed E-state index contributed by atoms with van der Waals surface area (Å²) >= 11 is 0. The van der Waals surface area contributed by atoms with E-state index in [1.165, 1.54) is 5.56 Å². The maximum atomic E-state index is 13.6. The summed E-state index contributed by atoms with van der Waals surface area (Å²) in [5, 5.41) is 2.91. The average Bonchev–Trinajstić information content (AvgIpc) is 2.90. The van der Waals surface area contributed by atoms with E-state index in [9.17, 15) is 9.59 Å². The maximum Gasteiger partial charge on any atom is 0.261 e. The summed E-state index contributed by atoms with van der Waals surface area (Å²) in [6.45, 7) is 8.86. The van der Waals surface area contributed by atoms with Gasteiger partial charge in [-0.25, -0.2) is 0 Å². The second kappa shape index (κ2) is 12.9. The van der Waals surface area contributed by atoms with Crippen molar-refractivity contribution in [3.63, 3.8) is 0 Å². The largest absolute Gasteiger partial charge is 0.497 e. The molecule has 0 bridgehead atoms. The van der Waals surface area contributed by atoms with Gasteiger partial charge in [-0.1, -0.05) is 75.4 Å². The summed E-state index contributed by atoms with van der Waals surface area (Å²) in [6.07, 6.45) is 0.392. The van der Waals surface area contributed by atoms with Crippen molar-refractivity contribution in [3.05, 3.63) is 95.6 Å². The van der Waals surface area contributed by atoms with Crippen molar-refractivity contribution >= 4 is 11.8 Å². The fourth-order valence-electron chi connectivity index (χ4n) is 4.09. The Balaban J connectivity index is 1.87. The van der Waals surface area contributed by atoms with Gasteiger partial charge in [0.15, 0.2) is 6.61 Å². The van der Waals surface area contributed by atoms with Gasteiger partial charge in [-0.3, -0.25) is 9.59 Å². The van der Waals surface area contributed by atoms with Crippen LogP contribution >= 0.6 is 0 Å². The van der Waals surface area contributed by atoms with Crippen molar-refractivity contribution in [2.24, 2.45) is 0 Å². The third kappa shape index (κ3) is 8.10. The van der Waals surface area contributed by atoms with E-state index in [-0.39, 0.29) is 30.4 Å². The number of carbonyl (C=O) groups excluding carboxylic acids is 2. The van der Waals surface area contributed by atoms with Crippen molar-refractivity contribution in [1.82, 2.24) is 10.2 Å². The van der Waals surface area contributed by atoms with Gasteiger partial charge in [0.05, 0.1) is 7.11 Å². The van der Waals surface area contributed by atoms with E-state index >= 15 is 0 Å². The van der Waals surface area contributed by atoms with Crippen LogP contribution in [0.4, 0.5) is 0 Å². The van der Waals surface area contributed by atoms with Crippen molar-refractivity contribution in [1.29, 1.82) is 0 Å².